The first-order chi connectivity index (χ1) is 9.29. The summed E-state index contributed by atoms with van der Waals surface area (Å²) in [5, 5.41) is 0. The maximum atomic E-state index is 13.7. The van der Waals surface area contributed by atoms with Gasteiger partial charge in [0.05, 0.1) is 0 Å². The average Bonchev–Trinajstić information content (AvgIpc) is 2.33. The van der Waals surface area contributed by atoms with E-state index in [1.807, 2.05) is 13.8 Å². The fourth-order valence-electron chi connectivity index (χ4n) is 2.61. The van der Waals surface area contributed by atoms with Crippen LogP contribution in [0.5, 0.6) is 0 Å². The first kappa shape index (κ1) is 14.9. The predicted molar refractivity (Wildman–Crippen MR) is 73.1 cm³/mol. The van der Waals surface area contributed by atoms with Crippen molar-refractivity contribution < 1.29 is 13.6 Å². The number of halogens is 2. The molecule has 0 unspecified atom stereocenters. The molecule has 0 aliphatic carbocycles. The Morgan fingerprint density at radius 3 is 2.55 bits per heavy atom. The summed E-state index contributed by atoms with van der Waals surface area (Å²) in [5.41, 5.74) is 0.251. The highest BCUT2D eigenvalue weighted by Gasteiger charge is 2.34. The number of rotatable bonds is 2. The number of hydrogen-bond acceptors (Lipinski definition) is 2. The van der Waals surface area contributed by atoms with Gasteiger partial charge in [0.1, 0.15) is 11.6 Å². The van der Waals surface area contributed by atoms with Crippen LogP contribution in [0.2, 0.25) is 0 Å². The molecular weight excluding hydrogens is 262 g/mol. The molecule has 2 rings (SSSR count). The quantitative estimate of drug-likeness (QED) is 0.831. The second-order valence-electron chi connectivity index (χ2n) is 5.91. The van der Waals surface area contributed by atoms with E-state index < -0.39 is 11.6 Å². The zero-order valence-corrected chi connectivity index (χ0v) is 12.1. The third-order valence-corrected chi connectivity index (χ3v) is 3.90. The zero-order valence-electron chi connectivity index (χ0n) is 12.1. The minimum absolute atomic E-state index is 0.0608. The minimum atomic E-state index is -0.563. The first-order valence-electron chi connectivity index (χ1n) is 6.74. The number of piperazine rings is 1. The molecule has 0 aromatic heterocycles. The highest BCUT2D eigenvalue weighted by atomic mass is 19.1. The highest BCUT2D eigenvalue weighted by molar-refractivity contribution is 5.73. The molecule has 0 radical (unpaired) electrons. The Morgan fingerprint density at radius 2 is 2.00 bits per heavy atom. The van der Waals surface area contributed by atoms with Crippen molar-refractivity contribution in [3.05, 3.63) is 35.4 Å². The molecule has 1 aliphatic heterocycles. The van der Waals surface area contributed by atoms with Gasteiger partial charge in [-0.3, -0.25) is 9.69 Å². The van der Waals surface area contributed by atoms with Gasteiger partial charge >= 0.3 is 0 Å². The lowest BCUT2D eigenvalue weighted by atomic mass is 9.97. The Balaban J connectivity index is 2.12. The van der Waals surface area contributed by atoms with Gasteiger partial charge in [0.15, 0.2) is 0 Å². The molecule has 1 aliphatic rings. The number of amides is 1. The second kappa shape index (κ2) is 5.48. The Hall–Kier alpha value is -1.49. The van der Waals surface area contributed by atoms with Crippen molar-refractivity contribution in [1.29, 1.82) is 0 Å². The SMILES string of the molecule is CC(=O)N1CCN(Cc2ccc(F)cc2F)C(C)(C)C1. The molecule has 1 aromatic carbocycles. The van der Waals surface area contributed by atoms with Crippen LogP contribution in [-0.4, -0.2) is 40.9 Å². The molecule has 1 saturated heterocycles. The van der Waals surface area contributed by atoms with Gasteiger partial charge in [0, 0.05) is 50.3 Å². The van der Waals surface area contributed by atoms with Crippen molar-refractivity contribution in [2.24, 2.45) is 0 Å². The summed E-state index contributed by atoms with van der Waals surface area (Å²) in [6.45, 7) is 7.99. The summed E-state index contributed by atoms with van der Waals surface area (Å²) < 4.78 is 26.7. The van der Waals surface area contributed by atoms with Crippen LogP contribution < -0.4 is 0 Å². The Bertz CT molecular complexity index is 517. The van der Waals surface area contributed by atoms with Crippen molar-refractivity contribution in [3.8, 4) is 0 Å². The lowest BCUT2D eigenvalue weighted by Gasteiger charge is -2.47. The van der Waals surface area contributed by atoms with E-state index in [4.69, 9.17) is 0 Å². The number of carbonyl (C=O) groups excluding carboxylic acids is 1. The van der Waals surface area contributed by atoms with E-state index in [0.717, 1.165) is 6.07 Å². The standard InChI is InChI=1S/C15H20F2N2O/c1-11(20)18-6-7-19(15(2,3)10-18)9-12-4-5-13(16)8-14(12)17/h4-5,8H,6-7,9-10H2,1-3H3. The molecule has 0 bridgehead atoms. The van der Waals surface area contributed by atoms with Crippen LogP contribution in [-0.2, 0) is 11.3 Å². The molecule has 0 saturated carbocycles. The van der Waals surface area contributed by atoms with Crippen LogP contribution in [0.15, 0.2) is 18.2 Å². The van der Waals surface area contributed by atoms with Crippen molar-refractivity contribution in [2.75, 3.05) is 19.6 Å². The molecule has 1 fully saturated rings. The van der Waals surface area contributed by atoms with Gasteiger partial charge < -0.3 is 4.90 Å². The maximum Gasteiger partial charge on any atom is 0.219 e. The largest absolute Gasteiger partial charge is 0.340 e. The van der Waals surface area contributed by atoms with E-state index in [0.29, 0.717) is 31.7 Å². The van der Waals surface area contributed by atoms with Crippen LogP contribution in [0.25, 0.3) is 0 Å². The van der Waals surface area contributed by atoms with Crippen molar-refractivity contribution >= 4 is 5.91 Å². The molecule has 1 heterocycles. The maximum absolute atomic E-state index is 13.7. The summed E-state index contributed by atoms with van der Waals surface area (Å²) in [4.78, 5) is 15.4. The lowest BCUT2D eigenvalue weighted by Crippen LogP contribution is -2.59. The normalized spacial score (nSPS) is 19.1. The molecule has 110 valence electrons. The fourth-order valence-corrected chi connectivity index (χ4v) is 2.61. The molecule has 0 atom stereocenters. The van der Waals surface area contributed by atoms with Crippen LogP contribution >= 0.6 is 0 Å². The fraction of sp³-hybridized carbons (Fsp3) is 0.533. The Kier molecular flexibility index (Phi) is 4.09. The molecule has 1 amide bonds. The van der Waals surface area contributed by atoms with E-state index in [9.17, 15) is 13.6 Å². The molecule has 5 heteroatoms. The van der Waals surface area contributed by atoms with Gasteiger partial charge in [0.2, 0.25) is 5.91 Å². The average molecular weight is 282 g/mol. The van der Waals surface area contributed by atoms with E-state index in [-0.39, 0.29) is 11.4 Å². The van der Waals surface area contributed by atoms with Gasteiger partial charge in [-0.25, -0.2) is 8.78 Å². The summed E-state index contributed by atoms with van der Waals surface area (Å²) in [7, 11) is 0. The zero-order chi connectivity index (χ0) is 14.9. The van der Waals surface area contributed by atoms with Crippen molar-refractivity contribution in [1.82, 2.24) is 9.80 Å². The molecular formula is C15H20F2N2O. The number of benzene rings is 1. The molecule has 0 spiro atoms. The van der Waals surface area contributed by atoms with E-state index in [1.165, 1.54) is 12.1 Å². The Morgan fingerprint density at radius 1 is 1.30 bits per heavy atom. The highest BCUT2D eigenvalue weighted by Crippen LogP contribution is 2.24. The third kappa shape index (κ3) is 3.15. The van der Waals surface area contributed by atoms with Crippen LogP contribution in [0, 0.1) is 11.6 Å². The second-order valence-corrected chi connectivity index (χ2v) is 5.91. The molecule has 1 aromatic rings. The summed E-state index contributed by atoms with van der Waals surface area (Å²) in [5.74, 6) is -1.02. The molecule has 3 nitrogen and oxygen atoms in total. The van der Waals surface area contributed by atoms with Crippen molar-refractivity contribution in [3.63, 3.8) is 0 Å². The third-order valence-electron chi connectivity index (χ3n) is 3.90. The smallest absolute Gasteiger partial charge is 0.219 e. The van der Waals surface area contributed by atoms with Gasteiger partial charge in [-0.1, -0.05) is 6.07 Å². The molecule has 0 N–H and O–H groups in total. The monoisotopic (exact) mass is 282 g/mol. The van der Waals surface area contributed by atoms with E-state index >= 15 is 0 Å². The topological polar surface area (TPSA) is 23.6 Å². The first-order valence-corrected chi connectivity index (χ1v) is 6.74. The van der Waals surface area contributed by atoms with Crippen LogP contribution in [0.1, 0.15) is 26.3 Å². The van der Waals surface area contributed by atoms with Crippen LogP contribution in [0.4, 0.5) is 8.78 Å². The van der Waals surface area contributed by atoms with E-state index in [2.05, 4.69) is 4.90 Å². The lowest BCUT2D eigenvalue weighted by molar-refractivity contribution is -0.134. The van der Waals surface area contributed by atoms with Gasteiger partial charge in [-0.15, -0.1) is 0 Å². The summed E-state index contributed by atoms with van der Waals surface area (Å²) >= 11 is 0. The summed E-state index contributed by atoms with van der Waals surface area (Å²) in [6.07, 6.45) is 0. The van der Waals surface area contributed by atoms with Gasteiger partial charge in [-0.05, 0) is 19.9 Å². The number of hydrogen-bond donors (Lipinski definition) is 0. The van der Waals surface area contributed by atoms with Gasteiger partial charge in [-0.2, -0.15) is 0 Å². The van der Waals surface area contributed by atoms with Crippen LogP contribution in [0.3, 0.4) is 0 Å². The number of nitrogens with zero attached hydrogens (tertiary/aromatic N) is 2. The molecule has 20 heavy (non-hydrogen) atoms. The minimum Gasteiger partial charge on any atom is -0.340 e. The Labute approximate surface area is 118 Å². The summed E-state index contributed by atoms with van der Waals surface area (Å²) in [6, 6.07) is 3.67. The predicted octanol–water partition coefficient (Wildman–Crippen LogP) is 2.41. The van der Waals surface area contributed by atoms with Crippen molar-refractivity contribution in [2.45, 2.75) is 32.9 Å². The van der Waals surface area contributed by atoms with Gasteiger partial charge in [0.25, 0.3) is 0 Å². The van der Waals surface area contributed by atoms with E-state index in [1.54, 1.807) is 11.8 Å². The number of carbonyl (C=O) groups is 1.